The molecule has 1 aliphatic heterocycles. The quantitative estimate of drug-likeness (QED) is 0.853. The number of anilines is 2. The van der Waals surface area contributed by atoms with Gasteiger partial charge < -0.3 is 14.5 Å². The summed E-state index contributed by atoms with van der Waals surface area (Å²) >= 11 is 0. The molecule has 0 unspecified atom stereocenters. The van der Waals surface area contributed by atoms with Crippen LogP contribution in [0.1, 0.15) is 25.7 Å². The normalized spacial score (nSPS) is 14.4. The summed E-state index contributed by atoms with van der Waals surface area (Å²) in [4.78, 5) is 2.03. The highest BCUT2D eigenvalue weighted by atomic mass is 16.5. The number of para-hydroxylation sites is 2. The summed E-state index contributed by atoms with van der Waals surface area (Å²) in [5.74, 6) is 1.47. The predicted molar refractivity (Wildman–Crippen MR) is 79.9 cm³/mol. The number of benzene rings is 1. The van der Waals surface area contributed by atoms with Crippen molar-refractivity contribution in [3.8, 4) is 5.75 Å². The molecule has 0 amide bonds. The van der Waals surface area contributed by atoms with E-state index in [4.69, 9.17) is 9.15 Å². The zero-order valence-corrected chi connectivity index (χ0v) is 12.2. The van der Waals surface area contributed by atoms with Crippen molar-refractivity contribution in [2.45, 2.75) is 26.3 Å². The Morgan fingerprint density at radius 1 is 1.29 bits per heavy atom. The minimum Gasteiger partial charge on any atom is -0.491 e. The predicted octanol–water partition coefficient (Wildman–Crippen LogP) is 2.49. The van der Waals surface area contributed by atoms with Gasteiger partial charge in [0.15, 0.2) is 0 Å². The standard InChI is InChI=1S/C15H20N4O2/c1-2-8-16-11-14-17-18-15(21-14)19-9-5-10-20-13-7-4-3-6-12(13)19/h3-4,6-7,16H,2,5,8-11H2,1H3. The maximum atomic E-state index is 5.77. The van der Waals surface area contributed by atoms with Gasteiger partial charge in [0, 0.05) is 6.54 Å². The summed E-state index contributed by atoms with van der Waals surface area (Å²) in [5.41, 5.74) is 0.978. The number of rotatable bonds is 5. The molecule has 0 spiro atoms. The molecule has 0 bridgehead atoms. The van der Waals surface area contributed by atoms with Crippen molar-refractivity contribution in [3.05, 3.63) is 30.2 Å². The molecule has 1 N–H and O–H groups in total. The number of ether oxygens (including phenoxy) is 1. The van der Waals surface area contributed by atoms with Gasteiger partial charge in [0.1, 0.15) is 5.75 Å². The number of aromatic nitrogens is 2. The molecule has 112 valence electrons. The third-order valence-corrected chi connectivity index (χ3v) is 3.33. The molecule has 21 heavy (non-hydrogen) atoms. The minimum atomic E-state index is 0.529. The second-order valence-electron chi connectivity index (χ2n) is 4.98. The van der Waals surface area contributed by atoms with Crippen LogP contribution in [-0.4, -0.2) is 29.9 Å². The van der Waals surface area contributed by atoms with Gasteiger partial charge in [-0.25, -0.2) is 0 Å². The molecule has 3 rings (SSSR count). The van der Waals surface area contributed by atoms with Crippen LogP contribution in [0.2, 0.25) is 0 Å². The number of nitrogens with zero attached hydrogens (tertiary/aromatic N) is 3. The molecule has 1 aromatic heterocycles. The van der Waals surface area contributed by atoms with Crippen molar-refractivity contribution < 1.29 is 9.15 Å². The maximum Gasteiger partial charge on any atom is 0.322 e. The summed E-state index contributed by atoms with van der Waals surface area (Å²) in [7, 11) is 0. The van der Waals surface area contributed by atoms with Gasteiger partial charge in [-0.1, -0.05) is 24.2 Å². The Bertz CT molecular complexity index is 585. The van der Waals surface area contributed by atoms with Crippen LogP contribution in [0, 0.1) is 0 Å². The minimum absolute atomic E-state index is 0.529. The second-order valence-corrected chi connectivity index (χ2v) is 4.98. The van der Waals surface area contributed by atoms with Gasteiger partial charge in [-0.05, 0) is 31.5 Å². The fraction of sp³-hybridized carbons (Fsp3) is 0.467. The lowest BCUT2D eigenvalue weighted by atomic mass is 10.2. The SMILES string of the molecule is CCCNCc1nnc(N2CCCOc3ccccc32)o1. The Labute approximate surface area is 124 Å². The van der Waals surface area contributed by atoms with Crippen molar-refractivity contribution in [2.24, 2.45) is 0 Å². The van der Waals surface area contributed by atoms with E-state index in [1.54, 1.807) is 0 Å². The lowest BCUT2D eigenvalue weighted by Gasteiger charge is -2.18. The van der Waals surface area contributed by atoms with E-state index >= 15 is 0 Å². The maximum absolute atomic E-state index is 5.77. The van der Waals surface area contributed by atoms with Crippen molar-refractivity contribution >= 4 is 11.7 Å². The van der Waals surface area contributed by atoms with E-state index < -0.39 is 0 Å². The fourth-order valence-corrected chi connectivity index (χ4v) is 2.32. The highest BCUT2D eigenvalue weighted by molar-refractivity contribution is 5.64. The Kier molecular flexibility index (Phi) is 4.35. The molecule has 0 fully saturated rings. The Hall–Kier alpha value is -2.08. The van der Waals surface area contributed by atoms with Gasteiger partial charge in [-0.15, -0.1) is 5.10 Å². The van der Waals surface area contributed by atoms with Crippen molar-refractivity contribution in [3.63, 3.8) is 0 Å². The van der Waals surface area contributed by atoms with Gasteiger partial charge in [-0.2, -0.15) is 0 Å². The van der Waals surface area contributed by atoms with Crippen molar-refractivity contribution in [1.82, 2.24) is 15.5 Å². The third kappa shape index (κ3) is 3.16. The molecule has 0 saturated carbocycles. The second kappa shape index (κ2) is 6.58. The first-order valence-corrected chi connectivity index (χ1v) is 7.41. The highest BCUT2D eigenvalue weighted by Crippen LogP contribution is 2.34. The largest absolute Gasteiger partial charge is 0.491 e. The number of hydrogen-bond acceptors (Lipinski definition) is 6. The van der Waals surface area contributed by atoms with E-state index in [0.29, 0.717) is 25.1 Å². The number of hydrogen-bond donors (Lipinski definition) is 1. The van der Waals surface area contributed by atoms with Crippen LogP contribution in [0.25, 0.3) is 0 Å². The molecule has 0 atom stereocenters. The van der Waals surface area contributed by atoms with E-state index in [1.807, 2.05) is 29.2 Å². The van der Waals surface area contributed by atoms with Crippen LogP contribution in [0.15, 0.2) is 28.7 Å². The molecule has 0 aliphatic carbocycles. The fourth-order valence-electron chi connectivity index (χ4n) is 2.32. The summed E-state index contributed by atoms with van der Waals surface area (Å²) in [6.45, 7) is 5.18. The molecule has 2 heterocycles. The first-order valence-electron chi connectivity index (χ1n) is 7.41. The molecular formula is C15H20N4O2. The first-order chi connectivity index (χ1) is 10.4. The Morgan fingerprint density at radius 3 is 3.10 bits per heavy atom. The topological polar surface area (TPSA) is 63.4 Å². The van der Waals surface area contributed by atoms with Crippen LogP contribution in [0.4, 0.5) is 11.7 Å². The summed E-state index contributed by atoms with van der Waals surface area (Å²) < 4.78 is 11.5. The first kappa shape index (κ1) is 13.9. The van der Waals surface area contributed by atoms with Crippen LogP contribution in [0.5, 0.6) is 5.75 Å². The summed E-state index contributed by atoms with van der Waals surface area (Å²) in [6, 6.07) is 8.46. The lowest BCUT2D eigenvalue weighted by Crippen LogP contribution is -2.18. The summed E-state index contributed by atoms with van der Waals surface area (Å²) in [5, 5.41) is 11.5. The summed E-state index contributed by atoms with van der Waals surface area (Å²) in [6.07, 6.45) is 2.00. The van der Waals surface area contributed by atoms with E-state index in [0.717, 1.165) is 37.4 Å². The van der Waals surface area contributed by atoms with E-state index in [-0.39, 0.29) is 0 Å². The molecule has 6 heteroatoms. The van der Waals surface area contributed by atoms with Crippen LogP contribution in [0.3, 0.4) is 0 Å². The van der Waals surface area contributed by atoms with Crippen LogP contribution >= 0.6 is 0 Å². The lowest BCUT2D eigenvalue weighted by molar-refractivity contribution is 0.322. The van der Waals surface area contributed by atoms with Gasteiger partial charge in [0.05, 0.1) is 18.8 Å². The average molecular weight is 288 g/mol. The van der Waals surface area contributed by atoms with Gasteiger partial charge in [0.2, 0.25) is 5.89 Å². The molecular weight excluding hydrogens is 268 g/mol. The Morgan fingerprint density at radius 2 is 2.19 bits per heavy atom. The molecule has 0 saturated heterocycles. The number of nitrogens with one attached hydrogen (secondary N) is 1. The molecule has 2 aromatic rings. The number of fused-ring (bicyclic) bond motifs is 1. The molecule has 0 radical (unpaired) electrons. The highest BCUT2D eigenvalue weighted by Gasteiger charge is 2.21. The Balaban J connectivity index is 1.80. The molecule has 1 aromatic carbocycles. The van der Waals surface area contributed by atoms with Crippen molar-refractivity contribution in [1.29, 1.82) is 0 Å². The molecule has 6 nitrogen and oxygen atoms in total. The van der Waals surface area contributed by atoms with Gasteiger partial charge in [-0.3, -0.25) is 4.90 Å². The van der Waals surface area contributed by atoms with E-state index in [1.165, 1.54) is 0 Å². The zero-order chi connectivity index (χ0) is 14.5. The monoisotopic (exact) mass is 288 g/mol. The van der Waals surface area contributed by atoms with Crippen LogP contribution < -0.4 is 15.0 Å². The smallest absolute Gasteiger partial charge is 0.322 e. The zero-order valence-electron chi connectivity index (χ0n) is 12.2. The van der Waals surface area contributed by atoms with E-state index in [9.17, 15) is 0 Å². The van der Waals surface area contributed by atoms with Gasteiger partial charge >= 0.3 is 6.01 Å². The third-order valence-electron chi connectivity index (χ3n) is 3.33. The van der Waals surface area contributed by atoms with Crippen molar-refractivity contribution in [2.75, 3.05) is 24.6 Å². The average Bonchev–Trinajstić information content (AvgIpc) is 2.87. The molecule has 1 aliphatic rings. The van der Waals surface area contributed by atoms with E-state index in [2.05, 4.69) is 22.4 Å². The van der Waals surface area contributed by atoms with Crippen LogP contribution in [-0.2, 0) is 6.54 Å². The van der Waals surface area contributed by atoms with Gasteiger partial charge in [0.25, 0.3) is 0 Å².